The Morgan fingerprint density at radius 2 is 1.81 bits per heavy atom. The van der Waals surface area contributed by atoms with Gasteiger partial charge in [0, 0.05) is 25.2 Å². The van der Waals surface area contributed by atoms with E-state index in [-0.39, 0.29) is 17.9 Å². The van der Waals surface area contributed by atoms with E-state index in [1.165, 1.54) is 0 Å². The maximum atomic E-state index is 12.0. The summed E-state index contributed by atoms with van der Waals surface area (Å²) in [7, 11) is 4.21. The first-order valence-electron chi connectivity index (χ1n) is 6.14. The standard InChI is InChI=1S/C12H25N3O/c1-9(10(2)13)12(16)15-7-5-11(6-8-15)14(3)4/h9-11H,5-8,13H2,1-4H3. The Morgan fingerprint density at radius 1 is 1.31 bits per heavy atom. The van der Waals surface area contributed by atoms with Crippen LogP contribution < -0.4 is 5.73 Å². The van der Waals surface area contributed by atoms with Crippen LogP contribution in [0.25, 0.3) is 0 Å². The molecular formula is C12H25N3O. The molecule has 1 amide bonds. The minimum atomic E-state index is -0.0593. The first kappa shape index (κ1) is 13.5. The van der Waals surface area contributed by atoms with Gasteiger partial charge in [-0.3, -0.25) is 4.79 Å². The van der Waals surface area contributed by atoms with Crippen molar-refractivity contribution in [1.29, 1.82) is 0 Å². The molecule has 1 heterocycles. The first-order valence-corrected chi connectivity index (χ1v) is 6.14. The molecule has 0 saturated carbocycles. The third kappa shape index (κ3) is 3.19. The molecule has 0 bridgehead atoms. The maximum Gasteiger partial charge on any atom is 0.226 e. The number of hydrogen-bond donors (Lipinski definition) is 1. The van der Waals surface area contributed by atoms with E-state index in [4.69, 9.17) is 5.73 Å². The van der Waals surface area contributed by atoms with E-state index in [1.54, 1.807) is 0 Å². The second-order valence-electron chi connectivity index (χ2n) is 5.17. The summed E-state index contributed by atoms with van der Waals surface area (Å²) in [5, 5.41) is 0. The van der Waals surface area contributed by atoms with Gasteiger partial charge in [-0.15, -0.1) is 0 Å². The second-order valence-corrected chi connectivity index (χ2v) is 5.17. The SMILES string of the molecule is CC(N)C(C)C(=O)N1CCC(N(C)C)CC1. The minimum absolute atomic E-state index is 0.0564. The quantitative estimate of drug-likeness (QED) is 0.765. The average Bonchev–Trinajstić information content (AvgIpc) is 2.27. The van der Waals surface area contributed by atoms with Gasteiger partial charge in [-0.05, 0) is 33.9 Å². The Morgan fingerprint density at radius 3 is 2.19 bits per heavy atom. The van der Waals surface area contributed by atoms with E-state index in [9.17, 15) is 4.79 Å². The lowest BCUT2D eigenvalue weighted by Gasteiger charge is -2.36. The maximum absolute atomic E-state index is 12.0. The molecule has 94 valence electrons. The van der Waals surface area contributed by atoms with Crippen molar-refractivity contribution < 1.29 is 4.79 Å². The monoisotopic (exact) mass is 227 g/mol. The summed E-state index contributed by atoms with van der Waals surface area (Å²) >= 11 is 0. The van der Waals surface area contributed by atoms with Gasteiger partial charge in [0.2, 0.25) is 5.91 Å². The fraction of sp³-hybridized carbons (Fsp3) is 0.917. The Balaban J connectivity index is 2.45. The molecular weight excluding hydrogens is 202 g/mol. The molecule has 1 fully saturated rings. The van der Waals surface area contributed by atoms with Gasteiger partial charge in [0.05, 0.1) is 5.92 Å². The number of piperidine rings is 1. The number of rotatable bonds is 3. The van der Waals surface area contributed by atoms with Crippen LogP contribution in [-0.2, 0) is 4.79 Å². The van der Waals surface area contributed by atoms with E-state index in [0.717, 1.165) is 25.9 Å². The van der Waals surface area contributed by atoms with Crippen LogP contribution in [0.5, 0.6) is 0 Å². The number of amides is 1. The smallest absolute Gasteiger partial charge is 0.226 e. The van der Waals surface area contributed by atoms with Crippen LogP contribution in [0.4, 0.5) is 0 Å². The predicted molar refractivity (Wildman–Crippen MR) is 66.1 cm³/mol. The van der Waals surface area contributed by atoms with Crippen LogP contribution in [-0.4, -0.2) is 55.0 Å². The number of nitrogens with zero attached hydrogens (tertiary/aromatic N) is 2. The van der Waals surface area contributed by atoms with Crippen molar-refractivity contribution in [2.75, 3.05) is 27.2 Å². The Labute approximate surface area is 98.8 Å². The minimum Gasteiger partial charge on any atom is -0.342 e. The van der Waals surface area contributed by atoms with Crippen LogP contribution in [0.1, 0.15) is 26.7 Å². The summed E-state index contributed by atoms with van der Waals surface area (Å²) in [4.78, 5) is 16.3. The number of carbonyl (C=O) groups excluding carboxylic acids is 1. The van der Waals surface area contributed by atoms with Crippen LogP contribution in [0.15, 0.2) is 0 Å². The molecule has 1 aliphatic heterocycles. The molecule has 0 aromatic heterocycles. The summed E-state index contributed by atoms with van der Waals surface area (Å²) in [6, 6.07) is 0.564. The third-order valence-electron chi connectivity index (χ3n) is 3.68. The van der Waals surface area contributed by atoms with Crippen molar-refractivity contribution in [2.45, 2.75) is 38.8 Å². The predicted octanol–water partition coefficient (Wildman–Crippen LogP) is 0.522. The lowest BCUT2D eigenvalue weighted by atomic mass is 9.99. The van der Waals surface area contributed by atoms with Gasteiger partial charge >= 0.3 is 0 Å². The zero-order valence-electron chi connectivity index (χ0n) is 10.9. The Bertz CT molecular complexity index is 232. The first-order chi connectivity index (χ1) is 7.43. The molecule has 0 aromatic carbocycles. The van der Waals surface area contributed by atoms with Crippen molar-refractivity contribution in [1.82, 2.24) is 9.80 Å². The molecule has 2 atom stereocenters. The largest absolute Gasteiger partial charge is 0.342 e. The van der Waals surface area contributed by atoms with Crippen LogP contribution in [0.3, 0.4) is 0 Å². The van der Waals surface area contributed by atoms with E-state index in [1.807, 2.05) is 18.7 Å². The lowest BCUT2D eigenvalue weighted by Crippen LogP contribution is -2.48. The average molecular weight is 227 g/mol. The Hall–Kier alpha value is -0.610. The molecule has 0 spiro atoms. The lowest BCUT2D eigenvalue weighted by molar-refractivity contribution is -0.137. The van der Waals surface area contributed by atoms with Gasteiger partial charge < -0.3 is 15.5 Å². The number of likely N-dealkylation sites (tertiary alicyclic amines) is 1. The summed E-state index contributed by atoms with van der Waals surface area (Å²) < 4.78 is 0. The summed E-state index contributed by atoms with van der Waals surface area (Å²) in [6.07, 6.45) is 2.15. The van der Waals surface area contributed by atoms with Crippen LogP contribution in [0, 0.1) is 5.92 Å². The highest BCUT2D eigenvalue weighted by Crippen LogP contribution is 2.17. The van der Waals surface area contributed by atoms with Crippen molar-refractivity contribution in [3.05, 3.63) is 0 Å². The summed E-state index contributed by atoms with van der Waals surface area (Å²) in [5.74, 6) is 0.156. The number of hydrogen-bond acceptors (Lipinski definition) is 3. The van der Waals surface area contributed by atoms with Crippen molar-refractivity contribution in [3.8, 4) is 0 Å². The summed E-state index contributed by atoms with van der Waals surface area (Å²) in [6.45, 7) is 5.57. The molecule has 0 aromatic rings. The van der Waals surface area contributed by atoms with Gasteiger partial charge in [-0.1, -0.05) is 6.92 Å². The van der Waals surface area contributed by atoms with Crippen LogP contribution in [0.2, 0.25) is 0 Å². The molecule has 0 radical (unpaired) electrons. The molecule has 1 aliphatic rings. The molecule has 1 rings (SSSR count). The van der Waals surface area contributed by atoms with E-state index >= 15 is 0 Å². The van der Waals surface area contributed by atoms with E-state index in [0.29, 0.717) is 6.04 Å². The number of carbonyl (C=O) groups is 1. The molecule has 0 aliphatic carbocycles. The van der Waals surface area contributed by atoms with Crippen LogP contribution >= 0.6 is 0 Å². The Kier molecular flexibility index (Phi) is 4.74. The van der Waals surface area contributed by atoms with Crippen molar-refractivity contribution >= 4 is 5.91 Å². The second kappa shape index (κ2) is 5.64. The zero-order valence-corrected chi connectivity index (χ0v) is 10.9. The molecule has 2 N–H and O–H groups in total. The fourth-order valence-electron chi connectivity index (χ4n) is 2.12. The zero-order chi connectivity index (χ0) is 12.3. The molecule has 16 heavy (non-hydrogen) atoms. The highest BCUT2D eigenvalue weighted by Gasteiger charge is 2.27. The van der Waals surface area contributed by atoms with E-state index < -0.39 is 0 Å². The molecule has 1 saturated heterocycles. The van der Waals surface area contributed by atoms with Crippen molar-refractivity contribution in [2.24, 2.45) is 11.7 Å². The van der Waals surface area contributed by atoms with Gasteiger partial charge in [-0.25, -0.2) is 0 Å². The normalized spacial score (nSPS) is 22.2. The molecule has 2 unspecified atom stereocenters. The van der Waals surface area contributed by atoms with Gasteiger partial charge in [0.25, 0.3) is 0 Å². The molecule has 4 heteroatoms. The number of nitrogens with two attached hydrogens (primary N) is 1. The molecule has 4 nitrogen and oxygen atoms in total. The third-order valence-corrected chi connectivity index (χ3v) is 3.68. The van der Waals surface area contributed by atoms with Gasteiger partial charge in [0.1, 0.15) is 0 Å². The van der Waals surface area contributed by atoms with Gasteiger partial charge in [0.15, 0.2) is 0 Å². The van der Waals surface area contributed by atoms with Gasteiger partial charge in [-0.2, -0.15) is 0 Å². The summed E-state index contributed by atoms with van der Waals surface area (Å²) in [5.41, 5.74) is 5.76. The highest BCUT2D eigenvalue weighted by molar-refractivity contribution is 5.79. The fourth-order valence-corrected chi connectivity index (χ4v) is 2.12. The topological polar surface area (TPSA) is 49.6 Å². The van der Waals surface area contributed by atoms with E-state index in [2.05, 4.69) is 19.0 Å². The van der Waals surface area contributed by atoms with Crippen molar-refractivity contribution in [3.63, 3.8) is 0 Å². The highest BCUT2D eigenvalue weighted by atomic mass is 16.2.